The normalized spacial score (nSPS) is 11.4. The second-order valence-corrected chi connectivity index (χ2v) is 8.21. The van der Waals surface area contributed by atoms with Gasteiger partial charge in [-0.3, -0.25) is 4.79 Å². The number of benzene rings is 3. The van der Waals surface area contributed by atoms with Crippen LogP contribution < -0.4 is 5.32 Å². The average molecular weight is 434 g/mol. The summed E-state index contributed by atoms with van der Waals surface area (Å²) in [6.45, 7) is 4.58. The van der Waals surface area contributed by atoms with Crippen LogP contribution in [-0.2, 0) is 11.2 Å². The number of carbonyl (C=O) groups is 1. The first-order valence-electron chi connectivity index (χ1n) is 11.2. The van der Waals surface area contributed by atoms with Gasteiger partial charge in [-0.1, -0.05) is 60.7 Å². The van der Waals surface area contributed by atoms with E-state index >= 15 is 0 Å². The maximum absolute atomic E-state index is 12.6. The molecule has 0 radical (unpaired) electrons. The van der Waals surface area contributed by atoms with Crippen molar-refractivity contribution in [1.29, 1.82) is 5.26 Å². The molecule has 1 amide bonds. The van der Waals surface area contributed by atoms with Gasteiger partial charge in [-0.2, -0.15) is 5.26 Å². The van der Waals surface area contributed by atoms with E-state index in [1.54, 1.807) is 6.08 Å². The average Bonchev–Trinajstić information content (AvgIpc) is 3.12. The molecular weight excluding hydrogens is 406 g/mol. The summed E-state index contributed by atoms with van der Waals surface area (Å²) in [5.74, 6) is -0.332. The predicted molar refractivity (Wildman–Crippen MR) is 134 cm³/mol. The lowest BCUT2D eigenvalue weighted by atomic mass is 10.1. The van der Waals surface area contributed by atoms with Gasteiger partial charge in [0.1, 0.15) is 11.6 Å². The molecule has 0 aliphatic heterocycles. The first kappa shape index (κ1) is 22.1. The summed E-state index contributed by atoms with van der Waals surface area (Å²) in [5, 5.41) is 14.9. The number of fused-ring (bicyclic) bond motifs is 1. The van der Waals surface area contributed by atoms with Crippen LogP contribution in [0.2, 0.25) is 0 Å². The van der Waals surface area contributed by atoms with E-state index in [9.17, 15) is 10.1 Å². The fourth-order valence-corrected chi connectivity index (χ4v) is 4.19. The summed E-state index contributed by atoms with van der Waals surface area (Å²) in [6.07, 6.45) is 3.40. The number of nitrogens with one attached hydrogen (secondary N) is 1. The summed E-state index contributed by atoms with van der Waals surface area (Å²) >= 11 is 0. The van der Waals surface area contributed by atoms with Crippen LogP contribution in [0.3, 0.4) is 0 Å². The van der Waals surface area contributed by atoms with Gasteiger partial charge in [-0.25, -0.2) is 0 Å². The maximum Gasteiger partial charge on any atom is 0.261 e. The zero-order chi connectivity index (χ0) is 23.2. The molecule has 4 aromatic rings. The largest absolute Gasteiger partial charge is 0.351 e. The number of carbonyl (C=O) groups excluding carboxylic acids is 1. The topological polar surface area (TPSA) is 57.8 Å². The molecule has 0 unspecified atom stereocenters. The van der Waals surface area contributed by atoms with Crippen molar-refractivity contribution in [3.05, 3.63) is 107 Å². The van der Waals surface area contributed by atoms with Crippen molar-refractivity contribution in [2.24, 2.45) is 0 Å². The van der Waals surface area contributed by atoms with E-state index in [2.05, 4.69) is 58.4 Å². The lowest BCUT2D eigenvalue weighted by Crippen LogP contribution is -2.25. The van der Waals surface area contributed by atoms with Crippen molar-refractivity contribution >= 4 is 22.8 Å². The molecule has 164 valence electrons. The molecule has 4 nitrogen and oxygen atoms in total. The van der Waals surface area contributed by atoms with Crippen LogP contribution in [0.5, 0.6) is 0 Å². The fraction of sp³-hybridized carbons (Fsp3) is 0.172. The highest BCUT2D eigenvalue weighted by Gasteiger charge is 2.14. The zero-order valence-electron chi connectivity index (χ0n) is 19.0. The van der Waals surface area contributed by atoms with Crippen molar-refractivity contribution in [2.45, 2.75) is 26.7 Å². The lowest BCUT2D eigenvalue weighted by molar-refractivity contribution is -0.117. The Hall–Kier alpha value is -4.10. The fourth-order valence-electron chi connectivity index (χ4n) is 4.19. The number of nitrogens with zero attached hydrogens (tertiary/aromatic N) is 2. The molecule has 1 N–H and O–H groups in total. The molecule has 3 aromatic carbocycles. The summed E-state index contributed by atoms with van der Waals surface area (Å²) in [4.78, 5) is 12.6. The van der Waals surface area contributed by atoms with Crippen LogP contribution in [0.1, 0.15) is 28.9 Å². The second-order valence-electron chi connectivity index (χ2n) is 8.21. The Bertz CT molecular complexity index is 1360. The van der Waals surface area contributed by atoms with Gasteiger partial charge in [0.05, 0.1) is 0 Å². The standard InChI is InChI=1S/C29H27N3O/c1-21-17-26(22(2)32(21)28-15-14-24-12-6-7-13-25(24)19-28)18-27(20-30)29(33)31-16-8-11-23-9-4-3-5-10-23/h3-7,9-10,12-15,17-19H,8,11,16H2,1-2H3,(H,31,33)/b27-18-. The van der Waals surface area contributed by atoms with Crippen molar-refractivity contribution in [1.82, 2.24) is 9.88 Å². The van der Waals surface area contributed by atoms with Gasteiger partial charge in [-0.05, 0) is 72.9 Å². The Morgan fingerprint density at radius 1 is 0.970 bits per heavy atom. The van der Waals surface area contributed by atoms with Gasteiger partial charge in [0.25, 0.3) is 5.91 Å². The van der Waals surface area contributed by atoms with Crippen LogP contribution in [0.15, 0.2) is 84.4 Å². The summed E-state index contributed by atoms with van der Waals surface area (Å²) in [7, 11) is 0. The van der Waals surface area contributed by atoms with Crippen LogP contribution in [0.25, 0.3) is 22.5 Å². The Morgan fingerprint density at radius 3 is 2.45 bits per heavy atom. The molecule has 33 heavy (non-hydrogen) atoms. The van der Waals surface area contributed by atoms with Gasteiger partial charge in [-0.15, -0.1) is 0 Å². The van der Waals surface area contributed by atoms with Crippen molar-refractivity contribution < 1.29 is 4.79 Å². The molecule has 1 heterocycles. The number of rotatable bonds is 7. The molecular formula is C29H27N3O. The molecule has 0 atom stereocenters. The van der Waals surface area contributed by atoms with Crippen molar-refractivity contribution in [2.75, 3.05) is 6.54 Å². The summed E-state index contributed by atoms with van der Waals surface area (Å²) in [6, 6.07) is 28.9. The van der Waals surface area contributed by atoms with E-state index in [1.807, 2.05) is 50.2 Å². The highest BCUT2D eigenvalue weighted by Crippen LogP contribution is 2.25. The first-order chi connectivity index (χ1) is 16.1. The molecule has 0 spiro atoms. The minimum atomic E-state index is -0.332. The summed E-state index contributed by atoms with van der Waals surface area (Å²) in [5.41, 5.74) is 5.34. The van der Waals surface area contributed by atoms with Gasteiger partial charge in [0.15, 0.2) is 0 Å². The Morgan fingerprint density at radius 2 is 1.70 bits per heavy atom. The van der Waals surface area contributed by atoms with E-state index in [4.69, 9.17) is 0 Å². The number of nitriles is 1. The first-order valence-corrected chi connectivity index (χ1v) is 11.2. The molecule has 0 saturated carbocycles. The van der Waals surface area contributed by atoms with Gasteiger partial charge >= 0.3 is 0 Å². The lowest BCUT2D eigenvalue weighted by Gasteiger charge is -2.11. The van der Waals surface area contributed by atoms with Gasteiger partial charge < -0.3 is 9.88 Å². The number of hydrogen-bond acceptors (Lipinski definition) is 2. The molecule has 0 fully saturated rings. The molecule has 4 rings (SSSR count). The van der Waals surface area contributed by atoms with Crippen LogP contribution in [0.4, 0.5) is 0 Å². The quantitative estimate of drug-likeness (QED) is 0.224. The number of aryl methyl sites for hydroxylation is 2. The van der Waals surface area contributed by atoms with E-state index in [0.29, 0.717) is 6.54 Å². The molecule has 0 aliphatic carbocycles. The van der Waals surface area contributed by atoms with Crippen molar-refractivity contribution in [3.63, 3.8) is 0 Å². The van der Waals surface area contributed by atoms with Crippen LogP contribution in [-0.4, -0.2) is 17.0 Å². The second kappa shape index (κ2) is 10.0. The highest BCUT2D eigenvalue weighted by atomic mass is 16.1. The predicted octanol–water partition coefficient (Wildman–Crippen LogP) is 5.90. The number of hydrogen-bond donors (Lipinski definition) is 1. The summed E-state index contributed by atoms with van der Waals surface area (Å²) < 4.78 is 2.16. The van der Waals surface area contributed by atoms with E-state index in [0.717, 1.165) is 35.5 Å². The minimum absolute atomic E-state index is 0.119. The number of amides is 1. The smallest absolute Gasteiger partial charge is 0.261 e. The molecule has 0 aliphatic rings. The highest BCUT2D eigenvalue weighted by molar-refractivity contribution is 6.01. The van der Waals surface area contributed by atoms with Crippen molar-refractivity contribution in [3.8, 4) is 11.8 Å². The third-order valence-electron chi connectivity index (χ3n) is 5.90. The van der Waals surface area contributed by atoms with E-state index < -0.39 is 0 Å². The Labute approximate surface area is 194 Å². The maximum atomic E-state index is 12.6. The van der Waals surface area contributed by atoms with Gasteiger partial charge in [0.2, 0.25) is 0 Å². The molecule has 0 bridgehead atoms. The molecule has 4 heteroatoms. The third kappa shape index (κ3) is 5.05. The SMILES string of the molecule is Cc1cc(/C=C(/C#N)C(=O)NCCCc2ccccc2)c(C)n1-c1ccc2ccccc2c1. The monoisotopic (exact) mass is 433 g/mol. The van der Waals surface area contributed by atoms with Crippen LogP contribution >= 0.6 is 0 Å². The number of aromatic nitrogens is 1. The minimum Gasteiger partial charge on any atom is -0.351 e. The molecule has 1 aromatic heterocycles. The van der Waals surface area contributed by atoms with E-state index in [1.165, 1.54) is 16.3 Å². The molecule has 0 saturated heterocycles. The van der Waals surface area contributed by atoms with Gasteiger partial charge in [0, 0.05) is 23.6 Å². The Balaban J connectivity index is 1.49. The zero-order valence-corrected chi connectivity index (χ0v) is 19.0. The van der Waals surface area contributed by atoms with Crippen LogP contribution in [0, 0.1) is 25.2 Å². The Kier molecular flexibility index (Phi) is 6.71. The van der Waals surface area contributed by atoms with E-state index in [-0.39, 0.29) is 11.5 Å². The third-order valence-corrected chi connectivity index (χ3v) is 5.90.